The van der Waals surface area contributed by atoms with Crippen LogP contribution in [0.25, 0.3) is 16.6 Å². The molecule has 3 heterocycles. The van der Waals surface area contributed by atoms with E-state index in [4.69, 9.17) is 0 Å². The van der Waals surface area contributed by atoms with Gasteiger partial charge in [0, 0.05) is 23.1 Å². The molecule has 0 saturated heterocycles. The van der Waals surface area contributed by atoms with Gasteiger partial charge in [0.2, 0.25) is 5.88 Å². The molecule has 7 nitrogen and oxygen atoms in total. The molecule has 0 fully saturated rings. The maximum absolute atomic E-state index is 12.9. The van der Waals surface area contributed by atoms with Crippen LogP contribution in [0.5, 0.6) is 5.88 Å². The van der Waals surface area contributed by atoms with Crippen LogP contribution in [0.2, 0.25) is 0 Å². The minimum absolute atomic E-state index is 0.161. The minimum Gasteiger partial charge on any atom is -0.494 e. The van der Waals surface area contributed by atoms with E-state index in [0.717, 1.165) is 47.1 Å². The molecule has 1 aliphatic heterocycles. The van der Waals surface area contributed by atoms with Gasteiger partial charge in [-0.3, -0.25) is 14.7 Å². The molecule has 1 atom stereocenters. The van der Waals surface area contributed by atoms with E-state index in [1.54, 1.807) is 12.1 Å². The number of H-pyrrole nitrogens is 2. The molecule has 0 bridgehead atoms. The fourth-order valence-corrected chi connectivity index (χ4v) is 4.63. The Hall–Kier alpha value is -3.58. The van der Waals surface area contributed by atoms with Crippen LogP contribution in [-0.4, -0.2) is 38.1 Å². The summed E-state index contributed by atoms with van der Waals surface area (Å²) in [5, 5.41) is 12.3. The van der Waals surface area contributed by atoms with Gasteiger partial charge in [-0.1, -0.05) is 37.3 Å². The van der Waals surface area contributed by atoms with E-state index in [0.29, 0.717) is 5.69 Å². The number of hydrogen-bond acceptors (Lipinski definition) is 4. The normalized spacial score (nSPS) is 16.5. The Bertz CT molecular complexity index is 1400. The molecule has 0 spiro atoms. The molecule has 0 amide bonds. The maximum atomic E-state index is 12.9. The van der Waals surface area contributed by atoms with Gasteiger partial charge in [-0.25, -0.2) is 9.36 Å². The molecule has 2 aromatic heterocycles. The SMILES string of the molecule is CCc1ccc(-n2c(O)c([C@@H]3c4[nH]c5ccccc5c4CCN3C)c(=O)[nH]c2=O)cc1. The van der Waals surface area contributed by atoms with E-state index in [1.807, 2.05) is 49.2 Å². The molecule has 0 radical (unpaired) electrons. The van der Waals surface area contributed by atoms with Crippen molar-refractivity contribution >= 4 is 10.9 Å². The first-order valence-electron chi connectivity index (χ1n) is 10.5. The van der Waals surface area contributed by atoms with Crippen LogP contribution in [-0.2, 0) is 12.8 Å². The lowest BCUT2D eigenvalue weighted by atomic mass is 9.93. The standard InChI is InChI=1S/C24H24N4O3/c1-3-14-8-10-15(11-9-14)28-23(30)19(22(29)26-24(28)31)21-20-17(12-13-27(21)2)16-6-4-5-7-18(16)25-20/h4-11,21,25,30H,3,12-13H2,1-2H3,(H,26,29,31)/t21-/m1/s1. The molecule has 2 aromatic carbocycles. The van der Waals surface area contributed by atoms with Crippen molar-refractivity contribution in [2.75, 3.05) is 13.6 Å². The summed E-state index contributed by atoms with van der Waals surface area (Å²) < 4.78 is 1.17. The fraction of sp³-hybridized carbons (Fsp3) is 0.250. The van der Waals surface area contributed by atoms with Crippen LogP contribution in [0.4, 0.5) is 0 Å². The number of nitrogens with one attached hydrogen (secondary N) is 2. The highest BCUT2D eigenvalue weighted by atomic mass is 16.3. The molecule has 5 rings (SSSR count). The zero-order valence-electron chi connectivity index (χ0n) is 17.5. The number of aryl methyl sites for hydroxylation is 1. The number of hydrogen-bond donors (Lipinski definition) is 3. The van der Waals surface area contributed by atoms with Crippen molar-refractivity contribution in [1.29, 1.82) is 0 Å². The van der Waals surface area contributed by atoms with E-state index < -0.39 is 17.3 Å². The van der Waals surface area contributed by atoms with E-state index in [1.165, 1.54) is 4.57 Å². The van der Waals surface area contributed by atoms with Gasteiger partial charge in [-0.2, -0.15) is 0 Å². The van der Waals surface area contributed by atoms with Crippen molar-refractivity contribution in [3.63, 3.8) is 0 Å². The van der Waals surface area contributed by atoms with E-state index in [9.17, 15) is 14.7 Å². The summed E-state index contributed by atoms with van der Waals surface area (Å²) in [4.78, 5) is 33.5. The Kier molecular flexibility index (Phi) is 4.55. The van der Waals surface area contributed by atoms with Crippen LogP contribution in [0.1, 0.15) is 35.3 Å². The van der Waals surface area contributed by atoms with Crippen LogP contribution in [0.3, 0.4) is 0 Å². The molecule has 158 valence electrons. The number of fused-ring (bicyclic) bond motifs is 3. The zero-order valence-corrected chi connectivity index (χ0v) is 17.5. The molecule has 4 aromatic rings. The van der Waals surface area contributed by atoms with Gasteiger partial charge in [0.1, 0.15) is 5.56 Å². The number of para-hydroxylation sites is 1. The number of aromatic hydroxyl groups is 1. The number of aromatic amines is 2. The second kappa shape index (κ2) is 7.28. The Morgan fingerprint density at radius 2 is 1.81 bits per heavy atom. The van der Waals surface area contributed by atoms with Crippen molar-refractivity contribution in [3.05, 3.63) is 91.8 Å². The van der Waals surface area contributed by atoms with Crippen LogP contribution < -0.4 is 11.2 Å². The average Bonchev–Trinajstić information content (AvgIpc) is 3.14. The first-order valence-corrected chi connectivity index (χ1v) is 10.5. The maximum Gasteiger partial charge on any atom is 0.335 e. The summed E-state index contributed by atoms with van der Waals surface area (Å²) in [5.41, 5.74) is 3.56. The highest BCUT2D eigenvalue weighted by Gasteiger charge is 2.34. The van der Waals surface area contributed by atoms with Crippen LogP contribution in [0, 0.1) is 0 Å². The first kappa shape index (κ1) is 19.4. The number of aromatic nitrogens is 3. The minimum atomic E-state index is -0.661. The highest BCUT2D eigenvalue weighted by molar-refractivity contribution is 5.85. The lowest BCUT2D eigenvalue weighted by Crippen LogP contribution is -2.39. The third kappa shape index (κ3) is 3.00. The van der Waals surface area contributed by atoms with Crippen molar-refractivity contribution in [3.8, 4) is 11.6 Å². The van der Waals surface area contributed by atoms with Gasteiger partial charge >= 0.3 is 5.69 Å². The van der Waals surface area contributed by atoms with Gasteiger partial charge in [-0.15, -0.1) is 0 Å². The molecule has 1 aliphatic rings. The van der Waals surface area contributed by atoms with Crippen molar-refractivity contribution in [1.82, 2.24) is 19.4 Å². The molecule has 0 unspecified atom stereocenters. The van der Waals surface area contributed by atoms with E-state index >= 15 is 0 Å². The second-order valence-corrected chi connectivity index (χ2v) is 8.05. The third-order valence-corrected chi connectivity index (χ3v) is 6.27. The fourth-order valence-electron chi connectivity index (χ4n) is 4.63. The van der Waals surface area contributed by atoms with Crippen molar-refractivity contribution in [2.24, 2.45) is 0 Å². The van der Waals surface area contributed by atoms with Gasteiger partial charge < -0.3 is 10.1 Å². The number of benzene rings is 2. The molecule has 31 heavy (non-hydrogen) atoms. The predicted molar refractivity (Wildman–Crippen MR) is 120 cm³/mol. The Morgan fingerprint density at radius 1 is 1.06 bits per heavy atom. The molecule has 7 heteroatoms. The summed E-state index contributed by atoms with van der Waals surface area (Å²) in [5.74, 6) is -0.332. The van der Waals surface area contributed by atoms with E-state index in [-0.39, 0.29) is 11.4 Å². The lowest BCUT2D eigenvalue weighted by molar-refractivity contribution is 0.252. The van der Waals surface area contributed by atoms with Gasteiger partial charge in [0.15, 0.2) is 0 Å². The summed E-state index contributed by atoms with van der Waals surface area (Å²) in [7, 11) is 1.92. The molecular weight excluding hydrogens is 392 g/mol. The van der Waals surface area contributed by atoms with E-state index in [2.05, 4.69) is 16.0 Å². The summed E-state index contributed by atoms with van der Waals surface area (Å²) in [6.07, 6.45) is 1.71. The molecular formula is C24H24N4O3. The second-order valence-electron chi connectivity index (χ2n) is 8.05. The highest BCUT2D eigenvalue weighted by Crippen LogP contribution is 2.38. The predicted octanol–water partition coefficient (Wildman–Crippen LogP) is 2.85. The summed E-state index contributed by atoms with van der Waals surface area (Å²) in [6, 6.07) is 14.9. The average molecular weight is 416 g/mol. The largest absolute Gasteiger partial charge is 0.494 e. The molecule has 0 aliphatic carbocycles. The summed E-state index contributed by atoms with van der Waals surface area (Å²) >= 11 is 0. The van der Waals surface area contributed by atoms with Crippen molar-refractivity contribution < 1.29 is 5.11 Å². The lowest BCUT2D eigenvalue weighted by Gasteiger charge is -2.33. The van der Waals surface area contributed by atoms with Gasteiger partial charge in [0.05, 0.1) is 11.7 Å². The van der Waals surface area contributed by atoms with Crippen LogP contribution in [0.15, 0.2) is 58.1 Å². The first-order chi connectivity index (χ1) is 15.0. The summed E-state index contributed by atoms with van der Waals surface area (Å²) in [6.45, 7) is 2.77. The number of rotatable bonds is 3. The smallest absolute Gasteiger partial charge is 0.335 e. The zero-order chi connectivity index (χ0) is 21.7. The topological polar surface area (TPSA) is 94.1 Å². The Morgan fingerprint density at radius 3 is 2.55 bits per heavy atom. The Labute approximate surface area is 178 Å². The quantitative estimate of drug-likeness (QED) is 0.479. The Balaban J connectivity index is 1.74. The molecule has 0 saturated carbocycles. The number of nitrogens with zero attached hydrogens (tertiary/aromatic N) is 2. The third-order valence-electron chi connectivity index (χ3n) is 6.27. The number of likely N-dealkylation sites (N-methyl/N-ethyl adjacent to an activating group) is 1. The van der Waals surface area contributed by atoms with Crippen molar-refractivity contribution in [2.45, 2.75) is 25.8 Å². The monoisotopic (exact) mass is 416 g/mol. The molecule has 3 N–H and O–H groups in total. The van der Waals surface area contributed by atoms with Gasteiger partial charge in [0.25, 0.3) is 5.56 Å². The van der Waals surface area contributed by atoms with Gasteiger partial charge in [-0.05, 0) is 49.2 Å². The van der Waals surface area contributed by atoms with Crippen LogP contribution >= 0.6 is 0 Å².